The average molecular weight is 272 g/mol. The van der Waals surface area contributed by atoms with Crippen LogP contribution in [0, 0.1) is 5.92 Å². The highest BCUT2D eigenvalue weighted by atomic mass is 16.5. The molecular weight excluding hydrogens is 248 g/mol. The Bertz CT molecular complexity index is 555. The number of hydrogen-bond acceptors (Lipinski definition) is 2. The van der Waals surface area contributed by atoms with Gasteiger partial charge in [-0.25, -0.2) is 0 Å². The van der Waals surface area contributed by atoms with Crippen molar-refractivity contribution in [3.63, 3.8) is 0 Å². The monoisotopic (exact) mass is 272 g/mol. The fraction of sp³-hybridized carbons (Fsp3) is 0.529. The summed E-state index contributed by atoms with van der Waals surface area (Å²) in [5.74, 6) is 0.757. The van der Waals surface area contributed by atoms with Crippen LogP contribution >= 0.6 is 0 Å². The quantitative estimate of drug-likeness (QED) is 0.909. The van der Waals surface area contributed by atoms with E-state index in [0.717, 1.165) is 45.1 Å². The van der Waals surface area contributed by atoms with Crippen molar-refractivity contribution in [2.45, 2.75) is 32.2 Å². The van der Waals surface area contributed by atoms with E-state index in [2.05, 4.69) is 35.0 Å². The highest BCUT2D eigenvalue weighted by molar-refractivity contribution is 5.83. The Hall–Kier alpha value is -1.32. The highest BCUT2D eigenvalue weighted by Gasteiger charge is 2.15. The third kappa shape index (κ3) is 2.89. The van der Waals surface area contributed by atoms with Gasteiger partial charge in [-0.1, -0.05) is 12.1 Å². The molecule has 2 N–H and O–H groups in total. The van der Waals surface area contributed by atoms with Gasteiger partial charge in [-0.05, 0) is 55.8 Å². The zero-order chi connectivity index (χ0) is 13.8. The molecule has 108 valence electrons. The van der Waals surface area contributed by atoms with Crippen molar-refractivity contribution in [2.24, 2.45) is 11.7 Å². The lowest BCUT2D eigenvalue weighted by Gasteiger charge is -2.22. The van der Waals surface area contributed by atoms with Gasteiger partial charge in [0.25, 0.3) is 0 Å². The highest BCUT2D eigenvalue weighted by Crippen LogP contribution is 2.24. The molecule has 0 saturated carbocycles. The lowest BCUT2D eigenvalue weighted by atomic mass is 10.0. The molecule has 1 fully saturated rings. The van der Waals surface area contributed by atoms with Crippen LogP contribution < -0.4 is 5.73 Å². The van der Waals surface area contributed by atoms with E-state index < -0.39 is 0 Å². The minimum Gasteiger partial charge on any atom is -0.381 e. The number of nitrogens with two attached hydrogens (primary N) is 1. The fourth-order valence-electron chi connectivity index (χ4n) is 3.16. The predicted molar refractivity (Wildman–Crippen MR) is 82.9 cm³/mol. The molecule has 0 spiro atoms. The van der Waals surface area contributed by atoms with E-state index in [4.69, 9.17) is 10.5 Å². The van der Waals surface area contributed by atoms with Crippen LogP contribution in [0.15, 0.2) is 30.5 Å². The standard InChI is InChI=1S/C17H24N2O/c18-9-2-4-15-3-1-5-17-16(15)6-10-19(17)13-14-7-11-20-12-8-14/h1,3,5-6,10,14H,2,4,7-9,11-13,18H2. The summed E-state index contributed by atoms with van der Waals surface area (Å²) in [6.45, 7) is 3.73. The summed E-state index contributed by atoms with van der Waals surface area (Å²) in [5, 5.41) is 1.40. The third-order valence-electron chi connectivity index (χ3n) is 4.35. The van der Waals surface area contributed by atoms with E-state index in [1.54, 1.807) is 0 Å². The molecule has 0 radical (unpaired) electrons. The summed E-state index contributed by atoms with van der Waals surface area (Å²) in [5.41, 5.74) is 8.43. The Labute approximate surface area is 120 Å². The van der Waals surface area contributed by atoms with Gasteiger partial charge in [-0.15, -0.1) is 0 Å². The first kappa shape index (κ1) is 13.7. The number of nitrogens with zero attached hydrogens (tertiary/aromatic N) is 1. The molecule has 2 heterocycles. The summed E-state index contributed by atoms with van der Waals surface area (Å²) >= 11 is 0. The van der Waals surface area contributed by atoms with Crippen LogP contribution in [0.25, 0.3) is 10.9 Å². The van der Waals surface area contributed by atoms with Crippen LogP contribution in [-0.2, 0) is 17.7 Å². The van der Waals surface area contributed by atoms with E-state index in [0.29, 0.717) is 0 Å². The largest absolute Gasteiger partial charge is 0.381 e. The Balaban J connectivity index is 1.81. The van der Waals surface area contributed by atoms with Crippen molar-refractivity contribution < 1.29 is 4.74 Å². The maximum Gasteiger partial charge on any atom is 0.0483 e. The zero-order valence-electron chi connectivity index (χ0n) is 12.1. The third-order valence-corrected chi connectivity index (χ3v) is 4.35. The molecule has 1 aromatic heterocycles. The van der Waals surface area contributed by atoms with Gasteiger partial charge >= 0.3 is 0 Å². The molecule has 2 aromatic rings. The summed E-state index contributed by atoms with van der Waals surface area (Å²) in [6, 6.07) is 8.91. The van der Waals surface area contributed by atoms with E-state index in [1.165, 1.54) is 29.3 Å². The summed E-state index contributed by atoms with van der Waals surface area (Å²) in [6.07, 6.45) is 6.75. The van der Waals surface area contributed by atoms with Gasteiger partial charge in [0.05, 0.1) is 0 Å². The zero-order valence-corrected chi connectivity index (χ0v) is 12.1. The topological polar surface area (TPSA) is 40.2 Å². The number of aromatic nitrogens is 1. The van der Waals surface area contributed by atoms with Crippen LogP contribution in [0.5, 0.6) is 0 Å². The van der Waals surface area contributed by atoms with Crippen molar-refractivity contribution in [3.8, 4) is 0 Å². The second kappa shape index (κ2) is 6.42. The van der Waals surface area contributed by atoms with Crippen LogP contribution in [0.3, 0.4) is 0 Å². The van der Waals surface area contributed by atoms with Crippen molar-refractivity contribution >= 4 is 10.9 Å². The molecule has 3 rings (SSSR count). The van der Waals surface area contributed by atoms with Crippen LogP contribution in [0.4, 0.5) is 0 Å². The molecule has 1 aromatic carbocycles. The first-order valence-electron chi connectivity index (χ1n) is 7.73. The van der Waals surface area contributed by atoms with Gasteiger partial charge in [0, 0.05) is 36.9 Å². The van der Waals surface area contributed by atoms with Gasteiger partial charge in [0.1, 0.15) is 0 Å². The maximum atomic E-state index is 5.63. The molecule has 1 aliphatic rings. The molecule has 1 saturated heterocycles. The van der Waals surface area contributed by atoms with E-state index in [-0.39, 0.29) is 0 Å². The van der Waals surface area contributed by atoms with E-state index >= 15 is 0 Å². The second-order valence-corrected chi connectivity index (χ2v) is 5.77. The Morgan fingerprint density at radius 1 is 1.20 bits per heavy atom. The van der Waals surface area contributed by atoms with Crippen LogP contribution in [0.1, 0.15) is 24.8 Å². The molecule has 0 atom stereocenters. The van der Waals surface area contributed by atoms with Crippen molar-refractivity contribution in [2.75, 3.05) is 19.8 Å². The molecular formula is C17H24N2O. The molecule has 0 amide bonds. The lowest BCUT2D eigenvalue weighted by Crippen LogP contribution is -2.20. The number of ether oxygens (including phenoxy) is 1. The average Bonchev–Trinajstić information content (AvgIpc) is 2.90. The molecule has 0 bridgehead atoms. The normalized spacial score (nSPS) is 16.9. The number of fused-ring (bicyclic) bond motifs is 1. The first-order chi connectivity index (χ1) is 9.88. The minimum atomic E-state index is 0.757. The van der Waals surface area contributed by atoms with Crippen LogP contribution in [0.2, 0.25) is 0 Å². The molecule has 20 heavy (non-hydrogen) atoms. The van der Waals surface area contributed by atoms with Gasteiger partial charge < -0.3 is 15.0 Å². The van der Waals surface area contributed by atoms with Gasteiger partial charge in [-0.2, -0.15) is 0 Å². The number of benzene rings is 1. The SMILES string of the molecule is NCCCc1cccc2c1ccn2CC1CCOCC1. The number of hydrogen-bond donors (Lipinski definition) is 1. The Morgan fingerprint density at radius 3 is 2.85 bits per heavy atom. The number of aryl methyl sites for hydroxylation is 1. The lowest BCUT2D eigenvalue weighted by molar-refractivity contribution is 0.0616. The molecule has 0 aliphatic carbocycles. The van der Waals surface area contributed by atoms with Gasteiger partial charge in [0.2, 0.25) is 0 Å². The van der Waals surface area contributed by atoms with Crippen LogP contribution in [-0.4, -0.2) is 24.3 Å². The van der Waals surface area contributed by atoms with Crippen molar-refractivity contribution in [1.82, 2.24) is 4.57 Å². The summed E-state index contributed by atoms with van der Waals surface area (Å²) in [7, 11) is 0. The van der Waals surface area contributed by atoms with E-state index in [1.807, 2.05) is 0 Å². The predicted octanol–water partition coefficient (Wildman–Crippen LogP) is 2.96. The molecule has 3 heteroatoms. The Morgan fingerprint density at radius 2 is 2.05 bits per heavy atom. The van der Waals surface area contributed by atoms with Gasteiger partial charge in [0.15, 0.2) is 0 Å². The molecule has 0 unspecified atom stereocenters. The fourth-order valence-corrected chi connectivity index (χ4v) is 3.16. The van der Waals surface area contributed by atoms with Crippen molar-refractivity contribution in [1.29, 1.82) is 0 Å². The van der Waals surface area contributed by atoms with Gasteiger partial charge in [-0.3, -0.25) is 0 Å². The summed E-state index contributed by atoms with van der Waals surface area (Å²) in [4.78, 5) is 0. The minimum absolute atomic E-state index is 0.757. The molecule has 3 nitrogen and oxygen atoms in total. The first-order valence-corrected chi connectivity index (χ1v) is 7.73. The summed E-state index contributed by atoms with van der Waals surface area (Å²) < 4.78 is 7.86. The van der Waals surface area contributed by atoms with E-state index in [9.17, 15) is 0 Å². The second-order valence-electron chi connectivity index (χ2n) is 5.77. The molecule has 1 aliphatic heterocycles. The van der Waals surface area contributed by atoms with Crippen molar-refractivity contribution in [3.05, 3.63) is 36.0 Å². The Kier molecular flexibility index (Phi) is 4.38. The maximum absolute atomic E-state index is 5.63. The number of rotatable bonds is 5. The smallest absolute Gasteiger partial charge is 0.0483 e.